The number of piperazine rings is 1. The minimum absolute atomic E-state index is 0.255. The van der Waals surface area contributed by atoms with Gasteiger partial charge in [0.15, 0.2) is 6.29 Å². The lowest BCUT2D eigenvalue weighted by atomic mass is 10.1. The summed E-state index contributed by atoms with van der Waals surface area (Å²) in [5, 5.41) is 10.2. The van der Waals surface area contributed by atoms with Crippen LogP contribution in [0, 0.1) is 12.7 Å². The Balaban J connectivity index is 0.000000318. The number of nitrogens with zero attached hydrogens (tertiary/aromatic N) is 2. The lowest BCUT2D eigenvalue weighted by molar-refractivity contribution is 0.0998. The molecule has 7 nitrogen and oxygen atoms in total. The highest BCUT2D eigenvalue weighted by Crippen LogP contribution is 2.25. The van der Waals surface area contributed by atoms with E-state index in [2.05, 4.69) is 29.5 Å². The number of aliphatic hydroxyl groups excluding tert-OH is 1. The van der Waals surface area contributed by atoms with Crippen molar-refractivity contribution in [2.24, 2.45) is 5.73 Å². The van der Waals surface area contributed by atoms with E-state index in [0.717, 1.165) is 39.0 Å². The van der Waals surface area contributed by atoms with E-state index in [1.807, 2.05) is 4.90 Å². The molecule has 0 saturated carbocycles. The summed E-state index contributed by atoms with van der Waals surface area (Å²) >= 11 is 10.3. The number of thiocarbonyl (C=S) groups is 1. The van der Waals surface area contributed by atoms with Crippen LogP contribution in [0.4, 0.5) is 15.8 Å². The van der Waals surface area contributed by atoms with Crippen LogP contribution in [-0.2, 0) is 0 Å². The van der Waals surface area contributed by atoms with Gasteiger partial charge < -0.3 is 26.0 Å². The molecule has 0 spiro atoms. The second kappa shape index (κ2) is 13.7. The third-order valence-corrected chi connectivity index (χ3v) is 5.27. The van der Waals surface area contributed by atoms with Crippen LogP contribution in [0.1, 0.15) is 26.3 Å². The summed E-state index contributed by atoms with van der Waals surface area (Å²) in [6, 6.07) is 8.27. The Morgan fingerprint density at radius 1 is 1.22 bits per heavy atom. The van der Waals surface area contributed by atoms with Crippen LogP contribution < -0.4 is 16.0 Å². The first-order valence-electron chi connectivity index (χ1n) is 9.70. The Bertz CT molecular complexity index is 938. The third kappa shape index (κ3) is 7.52. The Morgan fingerprint density at radius 2 is 1.84 bits per heavy atom. The number of halogens is 2. The fourth-order valence-corrected chi connectivity index (χ4v) is 3.37. The highest BCUT2D eigenvalue weighted by Gasteiger charge is 2.20. The lowest BCUT2D eigenvalue weighted by Crippen LogP contribution is -2.44. The van der Waals surface area contributed by atoms with Gasteiger partial charge in [0.2, 0.25) is 5.91 Å². The lowest BCUT2D eigenvalue weighted by Gasteiger charge is -2.34. The van der Waals surface area contributed by atoms with Crippen molar-refractivity contribution in [1.29, 1.82) is 0 Å². The summed E-state index contributed by atoms with van der Waals surface area (Å²) in [4.78, 5) is 25.7. The van der Waals surface area contributed by atoms with E-state index in [-0.39, 0.29) is 11.4 Å². The van der Waals surface area contributed by atoms with Crippen molar-refractivity contribution in [3.63, 3.8) is 0 Å². The zero-order valence-corrected chi connectivity index (χ0v) is 19.8. The minimum Gasteiger partial charge on any atom is -0.400 e. The average Bonchev–Trinajstić information content (AvgIpc) is 2.78. The molecule has 3 rings (SSSR count). The van der Waals surface area contributed by atoms with Crippen molar-refractivity contribution >= 4 is 52.9 Å². The number of carbonyl (C=O) groups is 2. The molecule has 4 N–H and O–H groups in total. The molecule has 1 heterocycles. The fourth-order valence-electron chi connectivity index (χ4n) is 3.01. The number of amides is 1. The number of hydrogen-bond acceptors (Lipinski definition) is 6. The van der Waals surface area contributed by atoms with E-state index in [1.54, 1.807) is 37.3 Å². The molecule has 174 valence electrons. The molecule has 1 amide bonds. The van der Waals surface area contributed by atoms with Crippen molar-refractivity contribution < 1.29 is 19.1 Å². The molecule has 0 radical (unpaired) electrons. The number of aldehydes is 1. The SMILES string of the molecule is CO.Cc1c(C(N)=O)ccc(N2CCN(C)CC2)c1F.O=Cc1ccc(NC=S)cc1Cl. The molecular formula is C22H28ClFN4O3S. The van der Waals surface area contributed by atoms with Crippen molar-refractivity contribution in [3.8, 4) is 0 Å². The van der Waals surface area contributed by atoms with Crippen LogP contribution in [0.5, 0.6) is 0 Å². The maximum absolute atomic E-state index is 14.2. The Labute approximate surface area is 197 Å². The molecule has 1 aliphatic rings. The van der Waals surface area contributed by atoms with Gasteiger partial charge in [-0.15, -0.1) is 0 Å². The summed E-state index contributed by atoms with van der Waals surface area (Å²) in [7, 11) is 3.05. The molecule has 0 unspecified atom stereocenters. The number of likely N-dealkylation sites (N-methyl/N-ethyl adjacent to an activating group) is 1. The van der Waals surface area contributed by atoms with Gasteiger partial charge in [0.25, 0.3) is 0 Å². The molecule has 0 bridgehead atoms. The number of anilines is 2. The van der Waals surface area contributed by atoms with Crippen LogP contribution in [0.15, 0.2) is 30.3 Å². The van der Waals surface area contributed by atoms with Crippen LogP contribution in [-0.4, -0.2) is 68.0 Å². The molecule has 1 aliphatic heterocycles. The van der Waals surface area contributed by atoms with Gasteiger partial charge in [-0.25, -0.2) is 4.39 Å². The second-order valence-electron chi connectivity index (χ2n) is 6.84. The number of aliphatic hydroxyl groups is 1. The number of rotatable bonds is 5. The van der Waals surface area contributed by atoms with Gasteiger partial charge in [0.1, 0.15) is 5.82 Å². The van der Waals surface area contributed by atoms with Gasteiger partial charge >= 0.3 is 0 Å². The van der Waals surface area contributed by atoms with Gasteiger partial charge in [0.05, 0.1) is 16.2 Å². The summed E-state index contributed by atoms with van der Waals surface area (Å²) in [5.41, 5.74) is 8.99. The maximum atomic E-state index is 14.2. The van der Waals surface area contributed by atoms with Crippen LogP contribution >= 0.6 is 23.8 Å². The topological polar surface area (TPSA) is 98.9 Å². The zero-order valence-electron chi connectivity index (χ0n) is 18.3. The largest absolute Gasteiger partial charge is 0.400 e. The van der Waals surface area contributed by atoms with Crippen LogP contribution in [0.25, 0.3) is 0 Å². The predicted molar refractivity (Wildman–Crippen MR) is 132 cm³/mol. The van der Waals surface area contributed by atoms with Crippen molar-refractivity contribution in [2.75, 3.05) is 50.6 Å². The van der Waals surface area contributed by atoms with Gasteiger partial charge in [-0.3, -0.25) is 9.59 Å². The molecule has 0 aromatic heterocycles. The zero-order chi connectivity index (χ0) is 24.3. The van der Waals surface area contributed by atoms with Crippen molar-refractivity contribution in [1.82, 2.24) is 4.90 Å². The molecule has 1 saturated heterocycles. The first-order chi connectivity index (χ1) is 15.3. The molecule has 1 fully saturated rings. The summed E-state index contributed by atoms with van der Waals surface area (Å²) in [5.74, 6) is -0.924. The number of primary amides is 1. The van der Waals surface area contributed by atoms with E-state index >= 15 is 0 Å². The molecule has 0 aliphatic carbocycles. The van der Waals surface area contributed by atoms with Gasteiger partial charge in [-0.05, 0) is 49.9 Å². The first-order valence-corrected chi connectivity index (χ1v) is 10.6. The van der Waals surface area contributed by atoms with Gasteiger partial charge in [-0.2, -0.15) is 0 Å². The van der Waals surface area contributed by atoms with E-state index in [0.29, 0.717) is 28.1 Å². The van der Waals surface area contributed by atoms with Gasteiger partial charge in [-0.1, -0.05) is 23.8 Å². The molecule has 2 aromatic rings. The number of benzene rings is 2. The fraction of sp³-hybridized carbons (Fsp3) is 0.318. The smallest absolute Gasteiger partial charge is 0.249 e. The Hall–Kier alpha value is -2.59. The molecule has 0 atom stereocenters. The van der Waals surface area contributed by atoms with E-state index in [9.17, 15) is 14.0 Å². The Kier molecular flexibility index (Phi) is 11.8. The van der Waals surface area contributed by atoms with E-state index in [4.69, 9.17) is 22.4 Å². The predicted octanol–water partition coefficient (Wildman–Crippen LogP) is 3.11. The molecule has 10 heteroatoms. The highest BCUT2D eigenvalue weighted by atomic mass is 35.5. The number of nitrogens with one attached hydrogen (secondary N) is 1. The first kappa shape index (κ1) is 27.4. The molecule has 32 heavy (non-hydrogen) atoms. The molecule has 2 aromatic carbocycles. The quantitative estimate of drug-likeness (QED) is 0.445. The highest BCUT2D eigenvalue weighted by molar-refractivity contribution is 7.79. The minimum atomic E-state index is -0.587. The Morgan fingerprint density at radius 3 is 2.34 bits per heavy atom. The number of hydrogen-bond donors (Lipinski definition) is 3. The summed E-state index contributed by atoms with van der Waals surface area (Å²) in [6.07, 6.45) is 0.712. The van der Waals surface area contributed by atoms with E-state index in [1.165, 1.54) is 5.49 Å². The van der Waals surface area contributed by atoms with Gasteiger partial charge in [0, 0.05) is 50.1 Å². The van der Waals surface area contributed by atoms with Crippen molar-refractivity contribution in [2.45, 2.75) is 6.92 Å². The number of carbonyl (C=O) groups excluding carboxylic acids is 2. The van der Waals surface area contributed by atoms with Crippen molar-refractivity contribution in [3.05, 3.63) is 57.9 Å². The maximum Gasteiger partial charge on any atom is 0.249 e. The van der Waals surface area contributed by atoms with Crippen LogP contribution in [0.2, 0.25) is 5.02 Å². The second-order valence-corrected chi connectivity index (χ2v) is 7.49. The van der Waals surface area contributed by atoms with E-state index < -0.39 is 5.91 Å². The number of nitrogens with two attached hydrogens (primary N) is 1. The summed E-state index contributed by atoms with van der Waals surface area (Å²) in [6.45, 7) is 5.01. The summed E-state index contributed by atoms with van der Waals surface area (Å²) < 4.78 is 14.2. The monoisotopic (exact) mass is 482 g/mol. The third-order valence-electron chi connectivity index (χ3n) is 4.83. The molecular weight excluding hydrogens is 455 g/mol. The average molecular weight is 483 g/mol. The standard InChI is InChI=1S/C13H18FN3O.C8H6ClNOS.CH4O/c1-9-10(13(15)18)3-4-11(12(9)14)17-7-5-16(2)6-8-17;9-8-3-7(10-5-12)2-1-6(8)4-11;1-2/h3-4H,5-8H2,1-2H3,(H2,15,18);1-5H,(H,10,12);2H,1H3. The normalized spacial score (nSPS) is 13.1. The van der Waals surface area contributed by atoms with Crippen LogP contribution in [0.3, 0.4) is 0 Å².